The van der Waals surface area contributed by atoms with E-state index in [2.05, 4.69) is 10.3 Å². The van der Waals surface area contributed by atoms with Crippen LogP contribution in [0.4, 0.5) is 27.6 Å². The molecule has 2 saturated heterocycles. The zero-order valence-corrected chi connectivity index (χ0v) is 17.8. The van der Waals surface area contributed by atoms with Gasteiger partial charge in [0.1, 0.15) is 0 Å². The number of amides is 1. The Morgan fingerprint density at radius 1 is 1.22 bits per heavy atom. The fourth-order valence-electron chi connectivity index (χ4n) is 4.62. The maximum Gasteiger partial charge on any atom is 0.418 e. The Bertz CT molecular complexity index is 1000. The van der Waals surface area contributed by atoms with Crippen LogP contribution in [0.2, 0.25) is 0 Å². The van der Waals surface area contributed by atoms with E-state index in [1.54, 1.807) is 19.1 Å². The number of piperidine rings is 1. The minimum atomic E-state index is -4.51. The zero-order chi connectivity index (χ0) is 23.3. The third-order valence-electron chi connectivity index (χ3n) is 6.19. The summed E-state index contributed by atoms with van der Waals surface area (Å²) in [4.78, 5) is 20.0. The first-order valence-corrected chi connectivity index (χ1v) is 10.6. The van der Waals surface area contributed by atoms with E-state index >= 15 is 0 Å². The minimum absolute atomic E-state index is 0.108. The van der Waals surface area contributed by atoms with Gasteiger partial charge in [0.25, 0.3) is 5.92 Å². The van der Waals surface area contributed by atoms with Crippen LogP contribution in [0.25, 0.3) is 10.9 Å². The molecule has 0 aliphatic carbocycles. The fraction of sp³-hybridized carbons (Fsp3) is 0.545. The largest absolute Gasteiger partial charge is 0.418 e. The van der Waals surface area contributed by atoms with Gasteiger partial charge in [0.05, 0.1) is 30.2 Å². The van der Waals surface area contributed by atoms with E-state index in [-0.39, 0.29) is 23.4 Å². The number of nitrogens with zero attached hydrogens (tertiary/aromatic N) is 3. The van der Waals surface area contributed by atoms with Crippen molar-refractivity contribution in [2.45, 2.75) is 44.5 Å². The Morgan fingerprint density at radius 2 is 1.94 bits per heavy atom. The van der Waals surface area contributed by atoms with Gasteiger partial charge >= 0.3 is 6.18 Å². The van der Waals surface area contributed by atoms with Gasteiger partial charge in [-0.3, -0.25) is 14.7 Å². The molecule has 2 aliphatic rings. The second kappa shape index (κ2) is 8.13. The molecule has 2 fully saturated rings. The van der Waals surface area contributed by atoms with Crippen LogP contribution in [0, 0.1) is 5.92 Å². The van der Waals surface area contributed by atoms with E-state index in [1.807, 2.05) is 11.8 Å². The maximum atomic E-state index is 13.4. The molecule has 32 heavy (non-hydrogen) atoms. The molecule has 2 aromatic rings. The molecule has 174 valence electrons. The topological polar surface area (TPSA) is 48.5 Å². The molecule has 3 heterocycles. The lowest BCUT2D eigenvalue weighted by atomic mass is 9.94. The number of hydrogen-bond acceptors (Lipinski definition) is 4. The number of fused-ring (bicyclic) bond motifs is 1. The standard InChI is InChI=1S/C22H25F5N4O/c1-13-8-15(29-20(32)14(2)31-11-21(23,24)12-31)10-30(9-13)18-6-5-17(22(25,26)27)19-16(18)4-3-7-28-19/h3-7,13-15H,8-12H2,1-2H3,(H,29,32)/t13-,14?,15+/m0/s1. The molecule has 1 aromatic carbocycles. The summed E-state index contributed by atoms with van der Waals surface area (Å²) in [7, 11) is 0. The number of anilines is 1. The van der Waals surface area contributed by atoms with Crippen molar-refractivity contribution in [3.8, 4) is 0 Å². The van der Waals surface area contributed by atoms with Crippen molar-refractivity contribution in [1.82, 2.24) is 15.2 Å². The van der Waals surface area contributed by atoms with E-state index in [4.69, 9.17) is 0 Å². The van der Waals surface area contributed by atoms with Crippen molar-refractivity contribution in [3.05, 3.63) is 36.0 Å². The molecule has 1 N–H and O–H groups in total. The van der Waals surface area contributed by atoms with Crippen LogP contribution in [0.3, 0.4) is 0 Å². The van der Waals surface area contributed by atoms with Gasteiger partial charge in [-0.05, 0) is 43.5 Å². The summed E-state index contributed by atoms with van der Waals surface area (Å²) in [5.41, 5.74) is -0.266. The van der Waals surface area contributed by atoms with Crippen LogP contribution in [-0.4, -0.2) is 60.0 Å². The number of alkyl halides is 5. The van der Waals surface area contributed by atoms with Crippen molar-refractivity contribution in [3.63, 3.8) is 0 Å². The van der Waals surface area contributed by atoms with E-state index in [9.17, 15) is 26.7 Å². The highest BCUT2D eigenvalue weighted by atomic mass is 19.4. The number of halogens is 5. The molecule has 10 heteroatoms. The van der Waals surface area contributed by atoms with Crippen molar-refractivity contribution in [2.24, 2.45) is 5.92 Å². The number of carbonyl (C=O) groups is 1. The van der Waals surface area contributed by atoms with Gasteiger partial charge in [-0.1, -0.05) is 6.92 Å². The summed E-state index contributed by atoms with van der Waals surface area (Å²) in [5, 5.41) is 3.35. The molecule has 0 saturated carbocycles. The highest BCUT2D eigenvalue weighted by molar-refractivity contribution is 5.94. The van der Waals surface area contributed by atoms with Gasteiger partial charge in [-0.25, -0.2) is 8.78 Å². The number of pyridine rings is 1. The number of carbonyl (C=O) groups excluding carboxylic acids is 1. The SMILES string of the molecule is CC(C(=O)N[C@@H]1C[C@H](C)CN(c2ccc(C(F)(F)F)c3ncccc23)C1)N1CC(F)(F)C1. The molecule has 0 spiro atoms. The normalized spacial score (nSPS) is 24.8. The molecule has 0 radical (unpaired) electrons. The molecular weight excluding hydrogens is 431 g/mol. The van der Waals surface area contributed by atoms with Crippen LogP contribution in [0.5, 0.6) is 0 Å². The van der Waals surface area contributed by atoms with Gasteiger partial charge in [0.15, 0.2) is 0 Å². The lowest BCUT2D eigenvalue weighted by Crippen LogP contribution is -2.63. The molecule has 3 atom stereocenters. The zero-order valence-electron chi connectivity index (χ0n) is 17.8. The Hall–Kier alpha value is -2.49. The van der Waals surface area contributed by atoms with Crippen molar-refractivity contribution in [2.75, 3.05) is 31.1 Å². The summed E-state index contributed by atoms with van der Waals surface area (Å²) in [5.74, 6) is -2.90. The molecular formula is C22H25F5N4O. The number of benzene rings is 1. The Morgan fingerprint density at radius 3 is 2.59 bits per heavy atom. The first-order chi connectivity index (χ1) is 14.9. The van der Waals surface area contributed by atoms with E-state index in [0.29, 0.717) is 30.6 Å². The summed E-state index contributed by atoms with van der Waals surface area (Å²) in [6, 6.07) is 4.80. The highest BCUT2D eigenvalue weighted by Crippen LogP contribution is 2.38. The van der Waals surface area contributed by atoms with Gasteiger partial charge < -0.3 is 10.2 Å². The van der Waals surface area contributed by atoms with Crippen LogP contribution in [-0.2, 0) is 11.0 Å². The monoisotopic (exact) mass is 456 g/mol. The van der Waals surface area contributed by atoms with Crippen molar-refractivity contribution < 1.29 is 26.7 Å². The second-order valence-corrected chi connectivity index (χ2v) is 8.92. The smallest absolute Gasteiger partial charge is 0.369 e. The van der Waals surface area contributed by atoms with Crippen molar-refractivity contribution >= 4 is 22.5 Å². The highest BCUT2D eigenvalue weighted by Gasteiger charge is 2.47. The van der Waals surface area contributed by atoms with Gasteiger partial charge in [-0.2, -0.15) is 13.2 Å². The lowest BCUT2D eigenvalue weighted by Gasteiger charge is -2.43. The summed E-state index contributed by atoms with van der Waals surface area (Å²) in [6.07, 6.45) is -2.48. The predicted molar refractivity (Wildman–Crippen MR) is 111 cm³/mol. The van der Waals surface area contributed by atoms with Gasteiger partial charge in [-0.15, -0.1) is 0 Å². The predicted octanol–water partition coefficient (Wildman–Crippen LogP) is 3.92. The Kier molecular flexibility index (Phi) is 5.77. The molecule has 1 aromatic heterocycles. The van der Waals surface area contributed by atoms with Crippen molar-refractivity contribution in [1.29, 1.82) is 0 Å². The summed E-state index contributed by atoms with van der Waals surface area (Å²) < 4.78 is 66.6. The van der Waals surface area contributed by atoms with Gasteiger partial charge in [0.2, 0.25) is 5.91 Å². The van der Waals surface area contributed by atoms with Crippen LogP contribution >= 0.6 is 0 Å². The molecule has 1 amide bonds. The van der Waals surface area contributed by atoms with E-state index in [0.717, 1.165) is 6.07 Å². The van der Waals surface area contributed by atoms with Gasteiger partial charge in [0, 0.05) is 36.4 Å². The minimum Gasteiger partial charge on any atom is -0.369 e. The molecule has 0 bridgehead atoms. The maximum absolute atomic E-state index is 13.4. The number of hydrogen-bond donors (Lipinski definition) is 1. The van der Waals surface area contributed by atoms with E-state index in [1.165, 1.54) is 17.2 Å². The fourth-order valence-corrected chi connectivity index (χ4v) is 4.62. The number of likely N-dealkylation sites (tertiary alicyclic amines) is 1. The molecule has 5 nitrogen and oxygen atoms in total. The summed E-state index contributed by atoms with van der Waals surface area (Å²) >= 11 is 0. The summed E-state index contributed by atoms with van der Waals surface area (Å²) in [6.45, 7) is 3.78. The number of aromatic nitrogens is 1. The quantitative estimate of drug-likeness (QED) is 0.709. The second-order valence-electron chi connectivity index (χ2n) is 8.92. The Balaban J connectivity index is 1.53. The lowest BCUT2D eigenvalue weighted by molar-refractivity contribution is -0.156. The number of rotatable bonds is 4. The average Bonchev–Trinajstić information content (AvgIpc) is 2.69. The van der Waals surface area contributed by atoms with Crippen LogP contribution < -0.4 is 10.2 Å². The first-order valence-electron chi connectivity index (χ1n) is 10.6. The number of nitrogens with one attached hydrogen (secondary N) is 1. The molecule has 4 rings (SSSR count). The average molecular weight is 456 g/mol. The molecule has 1 unspecified atom stereocenters. The first kappa shape index (κ1) is 22.7. The third-order valence-corrected chi connectivity index (χ3v) is 6.19. The molecule has 2 aliphatic heterocycles. The van der Waals surface area contributed by atoms with E-state index < -0.39 is 36.8 Å². The third kappa shape index (κ3) is 4.51. The Labute approximate surface area is 182 Å². The van der Waals surface area contributed by atoms with Crippen LogP contribution in [0.15, 0.2) is 30.5 Å². The van der Waals surface area contributed by atoms with Crippen LogP contribution in [0.1, 0.15) is 25.8 Å².